The Bertz CT molecular complexity index is 816. The number of rotatable bonds is 4. The SMILES string of the molecule is COc1ccc(/C=C2\CCC/C(=C\c3ccccc3)C2=O)c(OC)c1. The summed E-state index contributed by atoms with van der Waals surface area (Å²) in [4.78, 5) is 12.9. The van der Waals surface area contributed by atoms with Crippen molar-refractivity contribution in [2.75, 3.05) is 14.2 Å². The van der Waals surface area contributed by atoms with Crippen molar-refractivity contribution in [3.8, 4) is 11.5 Å². The van der Waals surface area contributed by atoms with Gasteiger partial charge in [-0.2, -0.15) is 0 Å². The van der Waals surface area contributed by atoms with E-state index in [9.17, 15) is 4.79 Å². The molecule has 0 amide bonds. The molecule has 0 spiro atoms. The van der Waals surface area contributed by atoms with Gasteiger partial charge in [-0.1, -0.05) is 30.3 Å². The van der Waals surface area contributed by atoms with E-state index < -0.39 is 0 Å². The minimum absolute atomic E-state index is 0.132. The fraction of sp³-hybridized carbons (Fsp3) is 0.227. The molecule has 3 rings (SSSR count). The molecule has 1 fully saturated rings. The summed E-state index contributed by atoms with van der Waals surface area (Å²) in [5, 5.41) is 0. The van der Waals surface area contributed by atoms with Crippen LogP contribution in [-0.2, 0) is 4.79 Å². The highest BCUT2D eigenvalue weighted by molar-refractivity contribution is 6.14. The van der Waals surface area contributed by atoms with Crippen LogP contribution in [0.15, 0.2) is 59.7 Å². The third-order valence-corrected chi connectivity index (χ3v) is 4.39. The van der Waals surface area contributed by atoms with Crippen molar-refractivity contribution in [2.24, 2.45) is 0 Å². The Labute approximate surface area is 148 Å². The van der Waals surface area contributed by atoms with E-state index in [1.807, 2.05) is 60.7 Å². The predicted molar refractivity (Wildman–Crippen MR) is 101 cm³/mol. The van der Waals surface area contributed by atoms with E-state index in [1.54, 1.807) is 14.2 Å². The average Bonchev–Trinajstić information content (AvgIpc) is 2.66. The Morgan fingerprint density at radius 2 is 1.60 bits per heavy atom. The maximum atomic E-state index is 12.9. The van der Waals surface area contributed by atoms with E-state index in [-0.39, 0.29) is 5.78 Å². The molecule has 128 valence electrons. The lowest BCUT2D eigenvalue weighted by atomic mass is 9.86. The van der Waals surface area contributed by atoms with Gasteiger partial charge in [0, 0.05) is 22.8 Å². The summed E-state index contributed by atoms with van der Waals surface area (Å²) in [5.74, 6) is 1.57. The van der Waals surface area contributed by atoms with Crippen LogP contribution >= 0.6 is 0 Å². The van der Waals surface area contributed by atoms with Crippen LogP contribution in [0.5, 0.6) is 11.5 Å². The second-order valence-corrected chi connectivity index (χ2v) is 6.04. The minimum Gasteiger partial charge on any atom is -0.497 e. The van der Waals surface area contributed by atoms with Gasteiger partial charge >= 0.3 is 0 Å². The topological polar surface area (TPSA) is 35.5 Å². The smallest absolute Gasteiger partial charge is 0.185 e. The molecule has 2 aromatic rings. The lowest BCUT2D eigenvalue weighted by Crippen LogP contribution is -2.12. The van der Waals surface area contributed by atoms with Crippen molar-refractivity contribution in [3.63, 3.8) is 0 Å². The van der Waals surface area contributed by atoms with E-state index in [0.717, 1.165) is 47.3 Å². The molecule has 0 aliphatic heterocycles. The number of ether oxygens (including phenoxy) is 2. The van der Waals surface area contributed by atoms with Gasteiger partial charge in [0.1, 0.15) is 11.5 Å². The molecule has 3 nitrogen and oxygen atoms in total. The maximum absolute atomic E-state index is 12.9. The highest BCUT2D eigenvalue weighted by Gasteiger charge is 2.21. The first-order valence-corrected chi connectivity index (χ1v) is 8.44. The second-order valence-electron chi connectivity index (χ2n) is 6.04. The zero-order valence-corrected chi connectivity index (χ0v) is 14.6. The van der Waals surface area contributed by atoms with Gasteiger partial charge in [-0.25, -0.2) is 0 Å². The third kappa shape index (κ3) is 4.00. The van der Waals surface area contributed by atoms with Gasteiger partial charge in [0.2, 0.25) is 0 Å². The van der Waals surface area contributed by atoms with Crippen molar-refractivity contribution in [1.29, 1.82) is 0 Å². The van der Waals surface area contributed by atoms with Crippen LogP contribution in [0.3, 0.4) is 0 Å². The van der Waals surface area contributed by atoms with E-state index >= 15 is 0 Å². The second kappa shape index (κ2) is 7.84. The quantitative estimate of drug-likeness (QED) is 0.744. The monoisotopic (exact) mass is 334 g/mol. The van der Waals surface area contributed by atoms with Gasteiger partial charge in [-0.05, 0) is 49.1 Å². The summed E-state index contributed by atoms with van der Waals surface area (Å²) in [6, 6.07) is 15.6. The molecule has 1 aliphatic carbocycles. The normalized spacial score (nSPS) is 17.8. The summed E-state index contributed by atoms with van der Waals surface area (Å²) in [7, 11) is 3.25. The lowest BCUT2D eigenvalue weighted by molar-refractivity contribution is -0.112. The molecule has 1 aliphatic rings. The number of ketones is 1. The molecule has 0 unspecified atom stereocenters. The van der Waals surface area contributed by atoms with Gasteiger partial charge in [0.15, 0.2) is 5.78 Å². The Hall–Kier alpha value is -2.81. The minimum atomic E-state index is 0.132. The largest absolute Gasteiger partial charge is 0.497 e. The van der Waals surface area contributed by atoms with Crippen LogP contribution in [-0.4, -0.2) is 20.0 Å². The number of Topliss-reactive ketones (excluding diaryl/α,β-unsaturated/α-hetero) is 1. The molecule has 0 N–H and O–H groups in total. The van der Waals surface area contributed by atoms with Gasteiger partial charge in [0.25, 0.3) is 0 Å². The van der Waals surface area contributed by atoms with Crippen LogP contribution in [0.1, 0.15) is 30.4 Å². The highest BCUT2D eigenvalue weighted by atomic mass is 16.5. The highest BCUT2D eigenvalue weighted by Crippen LogP contribution is 2.31. The first kappa shape index (κ1) is 17.0. The summed E-state index contributed by atoms with van der Waals surface area (Å²) >= 11 is 0. The molecule has 0 saturated heterocycles. The molecular formula is C22H22O3. The molecule has 0 atom stereocenters. The third-order valence-electron chi connectivity index (χ3n) is 4.39. The number of hydrogen-bond donors (Lipinski definition) is 0. The number of benzene rings is 2. The van der Waals surface area contributed by atoms with Gasteiger partial charge in [-0.15, -0.1) is 0 Å². The van der Waals surface area contributed by atoms with Crippen molar-refractivity contribution >= 4 is 17.9 Å². The first-order valence-electron chi connectivity index (χ1n) is 8.44. The Kier molecular flexibility index (Phi) is 5.34. The molecule has 1 saturated carbocycles. The summed E-state index contributed by atoms with van der Waals surface area (Å²) in [6.45, 7) is 0. The number of carbonyl (C=O) groups is 1. The predicted octanol–water partition coefficient (Wildman–Crippen LogP) is 4.92. The number of allylic oxidation sites excluding steroid dienone is 2. The standard InChI is InChI=1S/C22H22O3/c1-24-20-12-11-17(21(15-20)25-2)14-19-10-6-9-18(22(19)23)13-16-7-4-3-5-8-16/h3-5,7-8,11-15H,6,9-10H2,1-2H3/b18-13+,19-14+. The van der Waals surface area contributed by atoms with Gasteiger partial charge < -0.3 is 9.47 Å². The zero-order valence-electron chi connectivity index (χ0n) is 14.6. The molecule has 25 heavy (non-hydrogen) atoms. The van der Waals surface area contributed by atoms with Gasteiger partial charge in [0.05, 0.1) is 14.2 Å². The molecule has 2 aromatic carbocycles. The number of carbonyl (C=O) groups excluding carboxylic acids is 1. The van der Waals surface area contributed by atoms with Gasteiger partial charge in [-0.3, -0.25) is 4.79 Å². The number of methoxy groups -OCH3 is 2. The summed E-state index contributed by atoms with van der Waals surface area (Å²) in [6.07, 6.45) is 6.54. The van der Waals surface area contributed by atoms with Crippen molar-refractivity contribution < 1.29 is 14.3 Å². The summed E-state index contributed by atoms with van der Waals surface area (Å²) < 4.78 is 10.7. The van der Waals surface area contributed by atoms with Crippen LogP contribution in [0.2, 0.25) is 0 Å². The maximum Gasteiger partial charge on any atom is 0.185 e. The van der Waals surface area contributed by atoms with Crippen molar-refractivity contribution in [3.05, 3.63) is 70.8 Å². The van der Waals surface area contributed by atoms with E-state index in [0.29, 0.717) is 5.75 Å². The molecule has 0 radical (unpaired) electrons. The van der Waals surface area contributed by atoms with E-state index in [2.05, 4.69) is 0 Å². The fourth-order valence-electron chi connectivity index (χ4n) is 3.05. The van der Waals surface area contributed by atoms with Crippen LogP contribution < -0.4 is 9.47 Å². The Morgan fingerprint density at radius 1 is 0.880 bits per heavy atom. The molecule has 3 heteroatoms. The van der Waals surface area contributed by atoms with Crippen molar-refractivity contribution in [1.82, 2.24) is 0 Å². The fourth-order valence-corrected chi connectivity index (χ4v) is 3.05. The Morgan fingerprint density at radius 3 is 2.28 bits per heavy atom. The average molecular weight is 334 g/mol. The zero-order chi connectivity index (χ0) is 17.6. The Balaban J connectivity index is 1.91. The lowest BCUT2D eigenvalue weighted by Gasteiger charge is -2.17. The van der Waals surface area contributed by atoms with Crippen LogP contribution in [0, 0.1) is 0 Å². The summed E-state index contributed by atoms with van der Waals surface area (Å²) in [5.41, 5.74) is 3.66. The first-order chi connectivity index (χ1) is 12.2. The number of hydrogen-bond acceptors (Lipinski definition) is 3. The van der Waals surface area contributed by atoms with E-state index in [4.69, 9.17) is 9.47 Å². The molecule has 0 heterocycles. The van der Waals surface area contributed by atoms with E-state index in [1.165, 1.54) is 0 Å². The molecule has 0 aromatic heterocycles. The van der Waals surface area contributed by atoms with Crippen LogP contribution in [0.25, 0.3) is 12.2 Å². The molecule has 0 bridgehead atoms. The van der Waals surface area contributed by atoms with Crippen LogP contribution in [0.4, 0.5) is 0 Å². The van der Waals surface area contributed by atoms with Crippen molar-refractivity contribution in [2.45, 2.75) is 19.3 Å². The molecular weight excluding hydrogens is 312 g/mol.